The van der Waals surface area contributed by atoms with Crippen molar-refractivity contribution in [2.75, 3.05) is 10.0 Å². The zero-order valence-corrected chi connectivity index (χ0v) is 17.6. The lowest BCUT2D eigenvalue weighted by Gasteiger charge is -2.09. The summed E-state index contributed by atoms with van der Waals surface area (Å²) in [7, 11) is -3.82. The molecule has 0 aliphatic carbocycles. The highest BCUT2D eigenvalue weighted by Gasteiger charge is 2.16. The molecule has 0 saturated carbocycles. The smallest absolute Gasteiger partial charge is 0.264 e. The van der Waals surface area contributed by atoms with Crippen molar-refractivity contribution in [2.45, 2.75) is 32.6 Å². The Morgan fingerprint density at radius 2 is 1.69 bits per heavy atom. The van der Waals surface area contributed by atoms with Gasteiger partial charge in [-0.3, -0.25) is 4.79 Å². The van der Waals surface area contributed by atoms with Crippen LogP contribution in [0.1, 0.15) is 38.3 Å². The third kappa shape index (κ3) is 6.11. The largest absolute Gasteiger partial charge is 0.322 e. The van der Waals surface area contributed by atoms with Crippen LogP contribution in [0.2, 0.25) is 0 Å². The summed E-state index contributed by atoms with van der Waals surface area (Å²) < 4.78 is 27.2. The van der Waals surface area contributed by atoms with Gasteiger partial charge in [0.25, 0.3) is 15.9 Å². The molecule has 0 bridgehead atoms. The van der Waals surface area contributed by atoms with E-state index in [1.807, 2.05) is 26.8 Å². The summed E-state index contributed by atoms with van der Waals surface area (Å²) >= 11 is 0. The maximum Gasteiger partial charge on any atom is 0.264 e. The van der Waals surface area contributed by atoms with Gasteiger partial charge in [0.05, 0.1) is 4.90 Å². The molecule has 0 fully saturated rings. The molecule has 0 spiro atoms. The number of carbonyl (C=O) groups is 1. The molecule has 0 unspecified atom stereocenters. The number of hydrogen-bond donors (Lipinski definition) is 2. The first kappa shape index (κ1) is 22.0. The summed E-state index contributed by atoms with van der Waals surface area (Å²) in [5.74, 6) is -0.257. The van der Waals surface area contributed by atoms with Gasteiger partial charge in [-0.1, -0.05) is 31.5 Å². The van der Waals surface area contributed by atoms with Gasteiger partial charge in [-0.25, -0.2) is 23.1 Å². The summed E-state index contributed by atoms with van der Waals surface area (Å²) in [5, 5.41) is 2.74. The molecule has 29 heavy (non-hydrogen) atoms. The normalized spacial score (nSPS) is 10.5. The van der Waals surface area contributed by atoms with Crippen molar-refractivity contribution in [3.05, 3.63) is 77.6 Å². The van der Waals surface area contributed by atoms with Gasteiger partial charge < -0.3 is 5.32 Å². The highest BCUT2D eigenvalue weighted by molar-refractivity contribution is 7.92. The van der Waals surface area contributed by atoms with Gasteiger partial charge in [0, 0.05) is 26.0 Å². The second-order valence-corrected chi connectivity index (χ2v) is 7.66. The zero-order chi connectivity index (χ0) is 21.4. The highest BCUT2D eigenvalue weighted by Crippen LogP contribution is 2.17. The lowest BCUT2D eigenvalue weighted by atomic mass is 10.1. The van der Waals surface area contributed by atoms with Crippen LogP contribution in [0.4, 0.5) is 11.6 Å². The number of anilines is 2. The van der Waals surface area contributed by atoms with Gasteiger partial charge in [-0.05, 0) is 56.3 Å². The summed E-state index contributed by atoms with van der Waals surface area (Å²) in [4.78, 5) is 20.2. The average molecular weight is 417 g/mol. The molecule has 2 N–H and O–H groups in total. The van der Waals surface area contributed by atoms with E-state index in [-0.39, 0.29) is 19.6 Å². The van der Waals surface area contributed by atoms with E-state index >= 15 is 0 Å². The van der Waals surface area contributed by atoms with Crippen molar-refractivity contribution in [1.29, 1.82) is 0 Å². The molecule has 0 aliphatic rings. The first-order chi connectivity index (χ1) is 13.8. The number of amides is 1. The predicted octanol–water partition coefficient (Wildman–Crippen LogP) is 4.66. The van der Waals surface area contributed by atoms with E-state index in [4.69, 9.17) is 0 Å². The third-order valence-electron chi connectivity index (χ3n) is 3.72. The van der Waals surface area contributed by atoms with E-state index in [9.17, 15) is 13.2 Å². The van der Waals surface area contributed by atoms with E-state index in [2.05, 4.69) is 20.0 Å². The number of hydrogen-bond acceptors (Lipinski definition) is 5. The first-order valence-electron chi connectivity index (χ1n) is 9.14. The fourth-order valence-corrected chi connectivity index (χ4v) is 3.34. The molecule has 3 aromatic rings. The van der Waals surface area contributed by atoms with Gasteiger partial charge >= 0.3 is 0 Å². The van der Waals surface area contributed by atoms with Crippen LogP contribution in [0, 0.1) is 13.8 Å². The molecule has 0 saturated heterocycles. The van der Waals surface area contributed by atoms with Crippen molar-refractivity contribution in [1.82, 2.24) is 9.97 Å². The number of nitrogens with one attached hydrogen (secondary N) is 2. The van der Waals surface area contributed by atoms with Gasteiger partial charge in [-0.15, -0.1) is 0 Å². The molecule has 2 aromatic carbocycles. The molecule has 0 aliphatic heterocycles. The molecule has 1 amide bonds. The minimum Gasteiger partial charge on any atom is -0.322 e. The molecule has 1 heterocycles. The predicted molar refractivity (Wildman–Crippen MR) is 119 cm³/mol. The molecule has 0 atom stereocenters. The van der Waals surface area contributed by atoms with Crippen LogP contribution >= 0.6 is 0 Å². The number of nitrogens with zero attached hydrogens (tertiary/aromatic N) is 2. The Morgan fingerprint density at radius 1 is 1.00 bits per heavy atom. The second-order valence-electron chi connectivity index (χ2n) is 5.98. The number of aryl methyl sites for hydroxylation is 2. The molecular weight excluding hydrogens is 388 g/mol. The molecule has 156 valence electrons. The lowest BCUT2D eigenvalue weighted by Crippen LogP contribution is -2.16. The van der Waals surface area contributed by atoms with Crippen LogP contribution in [-0.2, 0) is 10.0 Å². The second kappa shape index (κ2) is 9.79. The average Bonchev–Trinajstić information content (AvgIpc) is 2.69. The SMILES string of the molecule is CC.Cc1cccc(C(=O)Nc2ccc(S(=O)(=O)Nc3nccc(C)n3)cc2)c1.[HH].[HH]. The van der Waals surface area contributed by atoms with Gasteiger partial charge in [-0.2, -0.15) is 0 Å². The Morgan fingerprint density at radius 3 is 2.31 bits per heavy atom. The Balaban J connectivity index is 0.00000219. The fraction of sp³-hybridized carbons (Fsp3) is 0.190. The van der Waals surface area contributed by atoms with E-state index in [0.29, 0.717) is 16.9 Å². The number of rotatable bonds is 5. The summed E-state index contributed by atoms with van der Waals surface area (Å²) in [6, 6.07) is 14.7. The van der Waals surface area contributed by atoms with Crippen molar-refractivity contribution >= 4 is 27.6 Å². The zero-order valence-electron chi connectivity index (χ0n) is 16.8. The van der Waals surface area contributed by atoms with Gasteiger partial charge in [0.15, 0.2) is 0 Å². The monoisotopic (exact) mass is 416 g/mol. The Bertz CT molecular complexity index is 1090. The standard InChI is InChI=1S/C19H18N4O3S.C2H6.2H2/c1-13-4-3-5-15(12-13)18(24)22-16-6-8-17(9-7-16)27(25,26)23-19-20-11-10-14(2)21-19;1-2;;/h3-12H,1-2H3,(H,22,24)(H,20,21,23);1-2H3;2*1H. The van der Waals surface area contributed by atoms with E-state index < -0.39 is 10.0 Å². The molecule has 7 nitrogen and oxygen atoms in total. The molecular formula is C21H28N4O3S. The molecule has 8 heteroatoms. The van der Waals surface area contributed by atoms with Crippen molar-refractivity contribution in [2.24, 2.45) is 0 Å². The van der Waals surface area contributed by atoms with Crippen LogP contribution in [-0.4, -0.2) is 24.3 Å². The van der Waals surface area contributed by atoms with E-state index in [0.717, 1.165) is 5.56 Å². The number of sulfonamides is 1. The van der Waals surface area contributed by atoms with Crippen molar-refractivity contribution < 1.29 is 16.1 Å². The van der Waals surface area contributed by atoms with E-state index in [1.165, 1.54) is 30.5 Å². The fourth-order valence-electron chi connectivity index (χ4n) is 2.38. The van der Waals surface area contributed by atoms with Crippen molar-refractivity contribution in [3.63, 3.8) is 0 Å². The quantitative estimate of drug-likeness (QED) is 0.630. The Kier molecular flexibility index (Phi) is 7.44. The maximum atomic E-state index is 12.4. The topological polar surface area (TPSA) is 101 Å². The van der Waals surface area contributed by atoms with Gasteiger partial charge in [0.2, 0.25) is 5.95 Å². The van der Waals surface area contributed by atoms with Crippen LogP contribution in [0.5, 0.6) is 0 Å². The Hall–Kier alpha value is -3.26. The van der Waals surface area contributed by atoms with Crippen LogP contribution < -0.4 is 10.0 Å². The maximum absolute atomic E-state index is 12.4. The molecule has 3 rings (SSSR count). The Labute approximate surface area is 174 Å². The lowest BCUT2D eigenvalue weighted by molar-refractivity contribution is 0.102. The van der Waals surface area contributed by atoms with Gasteiger partial charge in [0.1, 0.15) is 0 Å². The minimum atomic E-state index is -3.82. The summed E-state index contributed by atoms with van der Waals surface area (Å²) in [6.07, 6.45) is 1.48. The van der Waals surface area contributed by atoms with E-state index in [1.54, 1.807) is 31.2 Å². The first-order valence-corrected chi connectivity index (χ1v) is 10.6. The van der Waals surface area contributed by atoms with Crippen LogP contribution in [0.25, 0.3) is 0 Å². The number of carbonyl (C=O) groups excluding carboxylic acids is 1. The van der Waals surface area contributed by atoms with Crippen LogP contribution in [0.3, 0.4) is 0 Å². The number of aromatic nitrogens is 2. The summed E-state index contributed by atoms with van der Waals surface area (Å²) in [5.41, 5.74) is 2.66. The molecule has 0 radical (unpaired) electrons. The number of benzene rings is 2. The van der Waals surface area contributed by atoms with Crippen molar-refractivity contribution in [3.8, 4) is 0 Å². The third-order valence-corrected chi connectivity index (χ3v) is 5.07. The summed E-state index contributed by atoms with van der Waals surface area (Å²) in [6.45, 7) is 7.65. The van der Waals surface area contributed by atoms with Crippen LogP contribution in [0.15, 0.2) is 65.7 Å². The highest BCUT2D eigenvalue weighted by atomic mass is 32.2. The minimum absolute atomic E-state index is 0. The molecule has 1 aromatic heterocycles.